The number of hydrogen-bond donors (Lipinski definition) is 1. The maximum Gasteiger partial charge on any atom is 0.252 e. The number of anilines is 1. The standard InChI is InChI=1S/C14H13N3OS/c1-17-12-5-3-2-4-10(12)11(8-14(17)18)16-9-13-15-6-7-19-13/h2-8,16H,9H2,1H3. The van der Waals surface area contributed by atoms with Gasteiger partial charge in [0.2, 0.25) is 0 Å². The van der Waals surface area contributed by atoms with Crippen molar-refractivity contribution in [3.63, 3.8) is 0 Å². The number of rotatable bonds is 3. The third-order valence-electron chi connectivity index (χ3n) is 3.07. The zero-order valence-electron chi connectivity index (χ0n) is 10.5. The van der Waals surface area contributed by atoms with Crippen molar-refractivity contribution in [1.29, 1.82) is 0 Å². The highest BCUT2D eigenvalue weighted by atomic mass is 32.1. The minimum Gasteiger partial charge on any atom is -0.378 e. The molecule has 0 unspecified atom stereocenters. The van der Waals surface area contributed by atoms with E-state index >= 15 is 0 Å². The Kier molecular flexibility index (Phi) is 3.05. The summed E-state index contributed by atoms with van der Waals surface area (Å²) in [6, 6.07) is 9.51. The number of fused-ring (bicyclic) bond motifs is 1. The summed E-state index contributed by atoms with van der Waals surface area (Å²) in [6.45, 7) is 0.634. The van der Waals surface area contributed by atoms with Crippen molar-refractivity contribution < 1.29 is 0 Å². The lowest BCUT2D eigenvalue weighted by atomic mass is 10.2. The number of aromatic nitrogens is 2. The van der Waals surface area contributed by atoms with Crippen LogP contribution in [-0.2, 0) is 13.6 Å². The number of benzene rings is 1. The van der Waals surface area contributed by atoms with Gasteiger partial charge in [0.05, 0.1) is 12.1 Å². The molecule has 19 heavy (non-hydrogen) atoms. The van der Waals surface area contributed by atoms with Gasteiger partial charge in [0.25, 0.3) is 5.56 Å². The fourth-order valence-electron chi connectivity index (χ4n) is 2.07. The summed E-state index contributed by atoms with van der Waals surface area (Å²) in [5, 5.41) is 7.28. The zero-order valence-corrected chi connectivity index (χ0v) is 11.3. The van der Waals surface area contributed by atoms with Gasteiger partial charge in [0.15, 0.2) is 0 Å². The molecular weight excluding hydrogens is 258 g/mol. The van der Waals surface area contributed by atoms with E-state index < -0.39 is 0 Å². The summed E-state index contributed by atoms with van der Waals surface area (Å²) in [6.07, 6.45) is 1.78. The molecule has 0 radical (unpaired) electrons. The Balaban J connectivity index is 2.03. The van der Waals surface area contributed by atoms with Gasteiger partial charge in [-0.25, -0.2) is 4.98 Å². The Morgan fingerprint density at radius 2 is 2.21 bits per heavy atom. The lowest BCUT2D eigenvalue weighted by Gasteiger charge is -2.11. The smallest absolute Gasteiger partial charge is 0.252 e. The highest BCUT2D eigenvalue weighted by Gasteiger charge is 2.06. The third kappa shape index (κ3) is 2.24. The predicted molar refractivity (Wildman–Crippen MR) is 78.6 cm³/mol. The average Bonchev–Trinajstić information content (AvgIpc) is 2.95. The molecule has 2 heterocycles. The second kappa shape index (κ2) is 4.85. The Morgan fingerprint density at radius 1 is 1.37 bits per heavy atom. The molecule has 0 spiro atoms. The normalized spacial score (nSPS) is 10.8. The van der Waals surface area contributed by atoms with Crippen LogP contribution in [0.25, 0.3) is 10.9 Å². The molecule has 0 amide bonds. The number of pyridine rings is 1. The summed E-state index contributed by atoms with van der Waals surface area (Å²) in [4.78, 5) is 16.1. The monoisotopic (exact) mass is 271 g/mol. The molecule has 3 rings (SSSR count). The molecule has 0 aliphatic heterocycles. The highest BCUT2D eigenvalue weighted by molar-refractivity contribution is 7.09. The van der Waals surface area contributed by atoms with E-state index in [1.165, 1.54) is 0 Å². The third-order valence-corrected chi connectivity index (χ3v) is 3.85. The molecular formula is C14H13N3OS. The first-order valence-electron chi connectivity index (χ1n) is 5.97. The van der Waals surface area contributed by atoms with Crippen LogP contribution < -0.4 is 10.9 Å². The molecule has 1 aromatic carbocycles. The number of thiazole rings is 1. The van der Waals surface area contributed by atoms with Crippen LogP contribution in [0.2, 0.25) is 0 Å². The van der Waals surface area contributed by atoms with Crippen LogP contribution in [0.5, 0.6) is 0 Å². The van der Waals surface area contributed by atoms with E-state index in [0.29, 0.717) is 6.54 Å². The molecule has 0 atom stereocenters. The summed E-state index contributed by atoms with van der Waals surface area (Å²) in [5.41, 5.74) is 1.77. The first-order valence-corrected chi connectivity index (χ1v) is 6.84. The number of aryl methyl sites for hydroxylation is 1. The molecule has 3 aromatic rings. The van der Waals surface area contributed by atoms with Crippen LogP contribution in [0.3, 0.4) is 0 Å². The van der Waals surface area contributed by atoms with E-state index in [0.717, 1.165) is 21.6 Å². The number of nitrogens with zero attached hydrogens (tertiary/aromatic N) is 2. The quantitative estimate of drug-likeness (QED) is 0.796. The van der Waals surface area contributed by atoms with Crippen LogP contribution in [0.15, 0.2) is 46.7 Å². The van der Waals surface area contributed by atoms with Crippen LogP contribution >= 0.6 is 11.3 Å². The van der Waals surface area contributed by atoms with Gasteiger partial charge < -0.3 is 9.88 Å². The molecule has 4 nitrogen and oxygen atoms in total. The molecule has 0 aliphatic rings. The van der Waals surface area contributed by atoms with Crippen LogP contribution in [-0.4, -0.2) is 9.55 Å². The van der Waals surface area contributed by atoms with Gasteiger partial charge in [-0.3, -0.25) is 4.79 Å². The fraction of sp³-hybridized carbons (Fsp3) is 0.143. The topological polar surface area (TPSA) is 46.9 Å². The van der Waals surface area contributed by atoms with Crippen molar-refractivity contribution in [2.45, 2.75) is 6.54 Å². The van der Waals surface area contributed by atoms with Crippen molar-refractivity contribution >= 4 is 27.9 Å². The van der Waals surface area contributed by atoms with Gasteiger partial charge in [-0.2, -0.15) is 0 Å². The van der Waals surface area contributed by atoms with Crippen LogP contribution in [0.4, 0.5) is 5.69 Å². The van der Waals surface area contributed by atoms with Gasteiger partial charge in [0.1, 0.15) is 5.01 Å². The minimum absolute atomic E-state index is 0.0136. The van der Waals surface area contributed by atoms with Crippen molar-refractivity contribution in [3.8, 4) is 0 Å². The molecule has 1 N–H and O–H groups in total. The maximum absolute atomic E-state index is 11.9. The van der Waals surface area contributed by atoms with E-state index in [-0.39, 0.29) is 5.56 Å². The number of hydrogen-bond acceptors (Lipinski definition) is 4. The Labute approximate surface area is 114 Å². The lowest BCUT2D eigenvalue weighted by Crippen LogP contribution is -2.17. The summed E-state index contributed by atoms with van der Waals surface area (Å²) < 4.78 is 1.66. The van der Waals surface area contributed by atoms with Crippen LogP contribution in [0, 0.1) is 0 Å². The molecule has 0 aliphatic carbocycles. The first-order chi connectivity index (χ1) is 9.25. The van der Waals surface area contributed by atoms with E-state index in [1.807, 2.05) is 29.6 Å². The van der Waals surface area contributed by atoms with Gasteiger partial charge >= 0.3 is 0 Å². The maximum atomic E-state index is 11.9. The lowest BCUT2D eigenvalue weighted by molar-refractivity contribution is 0.905. The number of nitrogens with one attached hydrogen (secondary N) is 1. The van der Waals surface area contributed by atoms with Gasteiger partial charge in [-0.15, -0.1) is 11.3 Å². The molecule has 0 saturated heterocycles. The van der Waals surface area contributed by atoms with E-state index in [1.54, 1.807) is 35.2 Å². The first kappa shape index (κ1) is 11.9. The molecule has 0 saturated carbocycles. The van der Waals surface area contributed by atoms with Crippen molar-refractivity contribution in [2.75, 3.05) is 5.32 Å². The van der Waals surface area contributed by atoms with Crippen LogP contribution in [0.1, 0.15) is 5.01 Å². The zero-order chi connectivity index (χ0) is 13.2. The molecule has 96 valence electrons. The second-order valence-electron chi connectivity index (χ2n) is 4.25. The van der Waals surface area contributed by atoms with Gasteiger partial charge in [0, 0.05) is 35.8 Å². The molecule has 2 aromatic heterocycles. The van der Waals surface area contributed by atoms with Crippen molar-refractivity contribution in [2.24, 2.45) is 7.05 Å². The van der Waals surface area contributed by atoms with Crippen molar-refractivity contribution in [3.05, 3.63) is 57.3 Å². The predicted octanol–water partition coefficient (Wildman–Crippen LogP) is 2.61. The fourth-order valence-corrected chi connectivity index (χ4v) is 2.62. The Hall–Kier alpha value is -2.14. The summed E-state index contributed by atoms with van der Waals surface area (Å²) >= 11 is 1.60. The Morgan fingerprint density at radius 3 is 3.00 bits per heavy atom. The largest absolute Gasteiger partial charge is 0.378 e. The highest BCUT2D eigenvalue weighted by Crippen LogP contribution is 2.21. The molecule has 0 bridgehead atoms. The minimum atomic E-state index is -0.0136. The second-order valence-corrected chi connectivity index (χ2v) is 5.23. The van der Waals surface area contributed by atoms with Gasteiger partial charge in [-0.1, -0.05) is 18.2 Å². The Bertz CT molecular complexity index is 762. The molecule has 5 heteroatoms. The summed E-state index contributed by atoms with van der Waals surface area (Å²) in [7, 11) is 1.79. The van der Waals surface area contributed by atoms with E-state index in [4.69, 9.17) is 0 Å². The average molecular weight is 271 g/mol. The number of para-hydroxylation sites is 1. The van der Waals surface area contributed by atoms with Gasteiger partial charge in [-0.05, 0) is 6.07 Å². The summed E-state index contributed by atoms with van der Waals surface area (Å²) in [5.74, 6) is 0. The van der Waals surface area contributed by atoms with E-state index in [2.05, 4.69) is 10.3 Å². The van der Waals surface area contributed by atoms with E-state index in [9.17, 15) is 4.79 Å². The SMILES string of the molecule is Cn1c(=O)cc(NCc2nccs2)c2ccccc21. The molecule has 0 fully saturated rings. The van der Waals surface area contributed by atoms with Crippen molar-refractivity contribution in [1.82, 2.24) is 9.55 Å².